The molecule has 31 heavy (non-hydrogen) atoms. The van der Waals surface area contributed by atoms with Gasteiger partial charge in [0.05, 0.1) is 45.6 Å². The molecule has 1 aliphatic rings. The summed E-state index contributed by atoms with van der Waals surface area (Å²) in [5, 5.41) is 2.59. The molecule has 0 saturated carbocycles. The van der Waals surface area contributed by atoms with Crippen molar-refractivity contribution in [3.05, 3.63) is 47.4 Å². The standard InChI is InChI=1S/C22H24ClFN4O3/c1-29-20-13-19-16(12-21(20)31-8-2-5-28-6-9-30-10-7-28)22(26-14-25-19)27-15-3-4-18(24)17(23)11-15/h3-4,11-14H,2,5-10H2,1H3,(H,25,26,27)/i6D2,7D2,9D2,10D2,12D,13D,14D. The fourth-order valence-electron chi connectivity index (χ4n) is 2.66. The number of methoxy groups -OCH3 is 1. The van der Waals surface area contributed by atoms with E-state index < -0.39 is 44.8 Å². The highest BCUT2D eigenvalue weighted by molar-refractivity contribution is 6.31. The summed E-state index contributed by atoms with van der Waals surface area (Å²) in [6.45, 7) is -13.3. The van der Waals surface area contributed by atoms with Crippen LogP contribution >= 0.6 is 11.6 Å². The molecule has 0 bridgehead atoms. The zero-order valence-electron chi connectivity index (χ0n) is 27.2. The molecule has 1 aromatic heterocycles. The Morgan fingerprint density at radius 1 is 1.29 bits per heavy atom. The molecule has 9 heteroatoms. The van der Waals surface area contributed by atoms with E-state index in [0.29, 0.717) is 4.90 Å². The smallest absolute Gasteiger partial charge is 0.162 e. The number of hydrogen-bond donors (Lipinski definition) is 1. The van der Waals surface area contributed by atoms with Crippen LogP contribution in [0.5, 0.6) is 11.5 Å². The number of nitrogens with zero attached hydrogens (tertiary/aromatic N) is 3. The van der Waals surface area contributed by atoms with Gasteiger partial charge in [-0.15, -0.1) is 0 Å². The first kappa shape index (κ1) is 11.8. The van der Waals surface area contributed by atoms with Crippen LogP contribution in [0.25, 0.3) is 10.9 Å². The molecule has 2 aromatic carbocycles. The molecule has 0 aliphatic carbocycles. The van der Waals surface area contributed by atoms with E-state index >= 15 is 0 Å². The third-order valence-corrected chi connectivity index (χ3v) is 4.39. The van der Waals surface area contributed by atoms with Crippen molar-refractivity contribution in [3.63, 3.8) is 0 Å². The fourth-order valence-corrected chi connectivity index (χ4v) is 2.84. The van der Waals surface area contributed by atoms with Gasteiger partial charge in [-0.25, -0.2) is 14.4 Å². The Bertz CT molecular complexity index is 1510. The average molecular weight is 458 g/mol. The molecule has 3 aromatic rings. The normalized spacial score (nSPS) is 26.2. The summed E-state index contributed by atoms with van der Waals surface area (Å²) in [6.07, 6.45) is -0.670. The molecule has 1 N–H and O–H groups in total. The highest BCUT2D eigenvalue weighted by Gasteiger charge is 2.14. The van der Waals surface area contributed by atoms with Gasteiger partial charge in [-0.1, -0.05) is 11.6 Å². The van der Waals surface area contributed by atoms with Gasteiger partial charge in [-0.3, -0.25) is 4.90 Å². The van der Waals surface area contributed by atoms with Crippen LogP contribution in [0.4, 0.5) is 15.9 Å². The van der Waals surface area contributed by atoms with E-state index in [-0.39, 0.29) is 64.0 Å². The van der Waals surface area contributed by atoms with Gasteiger partial charge in [0.15, 0.2) is 11.5 Å². The summed E-state index contributed by atoms with van der Waals surface area (Å²) in [7, 11) is 1.22. The first-order valence-corrected chi connectivity index (χ1v) is 9.42. The number of halogens is 2. The SMILES string of the molecule is [2H]c1nc(Nc2ccc(F)c(Cl)c2)c2c([2H])c(OCCCN3C([2H])([2H])C([2H])([2H])OC([2H])([2H])C3([2H])[2H])c(OC)c([2H])c2n1. The van der Waals surface area contributed by atoms with Gasteiger partial charge in [-0.05, 0) is 30.7 Å². The van der Waals surface area contributed by atoms with E-state index in [1.165, 1.54) is 19.2 Å². The lowest BCUT2D eigenvalue weighted by atomic mass is 10.2. The Morgan fingerprint density at radius 3 is 2.90 bits per heavy atom. The van der Waals surface area contributed by atoms with E-state index in [2.05, 4.69) is 20.0 Å². The quantitative estimate of drug-likeness (QED) is 0.506. The molecule has 0 amide bonds. The number of aromatic nitrogens is 2. The summed E-state index contributed by atoms with van der Waals surface area (Å²) in [6, 6.07) is 2.99. The van der Waals surface area contributed by atoms with Crippen LogP contribution in [0, 0.1) is 5.82 Å². The van der Waals surface area contributed by atoms with Crippen molar-refractivity contribution in [2.45, 2.75) is 6.42 Å². The first-order valence-electron chi connectivity index (χ1n) is 14.5. The van der Waals surface area contributed by atoms with Crippen LogP contribution < -0.4 is 14.8 Å². The molecule has 1 fully saturated rings. The molecule has 7 nitrogen and oxygen atoms in total. The summed E-state index contributed by atoms with van der Waals surface area (Å²) in [4.78, 5) is 8.33. The second-order valence-corrected chi connectivity index (χ2v) is 6.55. The largest absolute Gasteiger partial charge is 0.493 e. The Balaban J connectivity index is 1.66. The van der Waals surface area contributed by atoms with E-state index in [1.54, 1.807) is 0 Å². The predicted molar refractivity (Wildman–Crippen MR) is 118 cm³/mol. The van der Waals surface area contributed by atoms with Crippen molar-refractivity contribution in [1.82, 2.24) is 14.9 Å². The minimum Gasteiger partial charge on any atom is -0.493 e. The average Bonchev–Trinajstić information content (AvgIpc) is 2.87. The van der Waals surface area contributed by atoms with Crippen molar-refractivity contribution in [2.75, 3.05) is 51.7 Å². The van der Waals surface area contributed by atoms with E-state index in [9.17, 15) is 4.39 Å². The first-order chi connectivity index (χ1) is 19.4. The summed E-state index contributed by atoms with van der Waals surface area (Å²) >= 11 is 5.86. The van der Waals surface area contributed by atoms with E-state index in [0.717, 1.165) is 6.07 Å². The third-order valence-electron chi connectivity index (χ3n) is 4.10. The maximum atomic E-state index is 13.6. The summed E-state index contributed by atoms with van der Waals surface area (Å²) < 4.78 is 118. The maximum Gasteiger partial charge on any atom is 0.162 e. The number of hydrogen-bond acceptors (Lipinski definition) is 7. The van der Waals surface area contributed by atoms with Crippen LogP contribution in [0.15, 0.2) is 36.6 Å². The zero-order chi connectivity index (χ0) is 31.4. The second kappa shape index (κ2) is 10.1. The highest BCUT2D eigenvalue weighted by Crippen LogP contribution is 2.35. The second-order valence-electron chi connectivity index (χ2n) is 6.15. The lowest BCUT2D eigenvalue weighted by Crippen LogP contribution is -2.37. The minimum absolute atomic E-state index is 0.0468. The number of morpholine rings is 1. The van der Waals surface area contributed by atoms with Crippen molar-refractivity contribution < 1.29 is 33.7 Å². The van der Waals surface area contributed by atoms with Crippen LogP contribution in [0.1, 0.15) is 21.5 Å². The number of nitrogens with one attached hydrogen (secondary N) is 1. The van der Waals surface area contributed by atoms with Crippen LogP contribution in [-0.4, -0.2) is 61.2 Å². The molecule has 0 atom stereocenters. The molecular formula is C22H24ClFN4O3. The molecule has 0 radical (unpaired) electrons. The molecule has 0 unspecified atom stereocenters. The Kier molecular flexibility index (Phi) is 3.84. The highest BCUT2D eigenvalue weighted by atomic mass is 35.5. The maximum absolute atomic E-state index is 13.6. The lowest BCUT2D eigenvalue weighted by Gasteiger charge is -2.26. The van der Waals surface area contributed by atoms with Gasteiger partial charge in [0, 0.05) is 42.1 Å². The van der Waals surface area contributed by atoms with Crippen LogP contribution in [0.2, 0.25) is 5.02 Å². The molecule has 1 saturated heterocycles. The Morgan fingerprint density at radius 2 is 2.13 bits per heavy atom. The van der Waals surface area contributed by atoms with Gasteiger partial charge < -0.3 is 19.5 Å². The van der Waals surface area contributed by atoms with Crippen molar-refractivity contribution >= 4 is 34.0 Å². The molecule has 164 valence electrons. The molecule has 0 spiro atoms. The fraction of sp³-hybridized carbons (Fsp3) is 0.364. The summed E-state index contributed by atoms with van der Waals surface area (Å²) in [5.41, 5.74) is 0.137. The summed E-state index contributed by atoms with van der Waals surface area (Å²) in [5.74, 6) is -1.23. The number of rotatable bonds is 8. The van der Waals surface area contributed by atoms with Crippen LogP contribution in [0.3, 0.4) is 0 Å². The monoisotopic (exact) mass is 457 g/mol. The van der Waals surface area contributed by atoms with E-state index in [1.807, 2.05) is 0 Å². The molecule has 1 aliphatic heterocycles. The van der Waals surface area contributed by atoms with Gasteiger partial charge >= 0.3 is 0 Å². The molecular weight excluding hydrogens is 423 g/mol. The van der Waals surface area contributed by atoms with E-state index in [4.69, 9.17) is 36.2 Å². The number of benzene rings is 2. The van der Waals surface area contributed by atoms with Crippen molar-refractivity contribution in [3.8, 4) is 11.5 Å². The zero-order valence-corrected chi connectivity index (χ0v) is 16.9. The Labute approximate surface area is 200 Å². The van der Waals surface area contributed by atoms with Crippen molar-refractivity contribution in [1.29, 1.82) is 0 Å². The number of fused-ring (bicyclic) bond motifs is 1. The van der Waals surface area contributed by atoms with Gasteiger partial charge in [0.1, 0.15) is 19.3 Å². The lowest BCUT2D eigenvalue weighted by molar-refractivity contribution is 0.0357. The topological polar surface area (TPSA) is 68.7 Å². The third kappa shape index (κ3) is 5.33. The van der Waals surface area contributed by atoms with Gasteiger partial charge in [0.2, 0.25) is 0 Å². The van der Waals surface area contributed by atoms with Gasteiger partial charge in [0.25, 0.3) is 0 Å². The predicted octanol–water partition coefficient (Wildman–Crippen LogP) is 4.28. The number of ether oxygens (including phenoxy) is 3. The Hall–Kier alpha value is -2.68. The molecule has 4 rings (SSSR count). The van der Waals surface area contributed by atoms with Gasteiger partial charge in [-0.2, -0.15) is 0 Å². The molecule has 2 heterocycles. The minimum atomic E-state index is -3.19. The van der Waals surface area contributed by atoms with Crippen molar-refractivity contribution in [2.24, 2.45) is 0 Å². The number of anilines is 2. The van der Waals surface area contributed by atoms with Crippen LogP contribution in [-0.2, 0) is 4.74 Å².